The molecule has 0 spiro atoms. The van der Waals surface area contributed by atoms with Gasteiger partial charge in [-0.15, -0.1) is 0 Å². The zero-order valence-corrected chi connectivity index (χ0v) is 15.2. The summed E-state index contributed by atoms with van der Waals surface area (Å²) in [6.07, 6.45) is -4.78. The zero-order valence-electron chi connectivity index (χ0n) is 15.2. The van der Waals surface area contributed by atoms with Crippen LogP contribution in [0.5, 0.6) is 0 Å². The quantitative estimate of drug-likeness (QED) is 0.436. The number of aromatic amines is 1. The van der Waals surface area contributed by atoms with E-state index in [0.29, 0.717) is 17.6 Å². The van der Waals surface area contributed by atoms with Gasteiger partial charge in [0.1, 0.15) is 11.5 Å². The van der Waals surface area contributed by atoms with Crippen LogP contribution in [0.4, 0.5) is 33.7 Å². The van der Waals surface area contributed by atoms with Crippen LogP contribution in [0.1, 0.15) is 16.1 Å². The van der Waals surface area contributed by atoms with Gasteiger partial charge in [-0.2, -0.15) is 13.2 Å². The Bertz CT molecular complexity index is 1200. The van der Waals surface area contributed by atoms with E-state index in [0.717, 1.165) is 19.2 Å². The smallest absolute Gasteiger partial charge is 0.416 e. The topological polar surface area (TPSA) is 100 Å². The molecule has 0 aliphatic carbocycles. The predicted molar refractivity (Wildman–Crippen MR) is 100.0 cm³/mol. The SMILES string of the molecule is COC(=O)c1cc(=O)c2cc(NC(=O)Nc3cc(F)cc(C(F)(F)F)c3)ccc2[nH]1. The van der Waals surface area contributed by atoms with Gasteiger partial charge in [0.15, 0.2) is 5.43 Å². The van der Waals surface area contributed by atoms with Gasteiger partial charge in [0.2, 0.25) is 0 Å². The van der Waals surface area contributed by atoms with E-state index in [-0.39, 0.29) is 16.8 Å². The van der Waals surface area contributed by atoms with E-state index in [2.05, 4.69) is 20.4 Å². The number of rotatable bonds is 3. The van der Waals surface area contributed by atoms with E-state index in [1.165, 1.54) is 18.2 Å². The number of pyridine rings is 1. The van der Waals surface area contributed by atoms with Crippen molar-refractivity contribution in [3.05, 3.63) is 69.8 Å². The highest BCUT2D eigenvalue weighted by Crippen LogP contribution is 2.31. The van der Waals surface area contributed by atoms with Crippen LogP contribution >= 0.6 is 0 Å². The van der Waals surface area contributed by atoms with Crippen molar-refractivity contribution in [2.24, 2.45) is 0 Å². The van der Waals surface area contributed by atoms with Gasteiger partial charge in [0.05, 0.1) is 18.2 Å². The van der Waals surface area contributed by atoms with Crippen LogP contribution in [-0.2, 0) is 10.9 Å². The summed E-state index contributed by atoms with van der Waals surface area (Å²) in [6.45, 7) is 0. The number of carbonyl (C=O) groups is 2. The minimum absolute atomic E-state index is 0.0555. The van der Waals surface area contributed by atoms with Crippen LogP contribution in [0.3, 0.4) is 0 Å². The van der Waals surface area contributed by atoms with Crippen molar-refractivity contribution >= 4 is 34.3 Å². The van der Waals surface area contributed by atoms with Gasteiger partial charge < -0.3 is 20.4 Å². The second-order valence-electron chi connectivity index (χ2n) is 6.10. The second kappa shape index (κ2) is 7.85. The van der Waals surface area contributed by atoms with Gasteiger partial charge in [-0.3, -0.25) is 4.79 Å². The van der Waals surface area contributed by atoms with E-state index in [4.69, 9.17) is 0 Å². The Labute approximate surface area is 165 Å². The number of fused-ring (bicyclic) bond motifs is 1. The molecule has 30 heavy (non-hydrogen) atoms. The minimum atomic E-state index is -4.78. The van der Waals surface area contributed by atoms with Crippen molar-refractivity contribution in [2.75, 3.05) is 17.7 Å². The normalized spacial score (nSPS) is 11.2. The molecule has 0 saturated heterocycles. The average molecular weight is 423 g/mol. The fraction of sp³-hybridized carbons (Fsp3) is 0.105. The van der Waals surface area contributed by atoms with Crippen LogP contribution in [0.2, 0.25) is 0 Å². The van der Waals surface area contributed by atoms with E-state index < -0.39 is 40.7 Å². The van der Waals surface area contributed by atoms with Gasteiger partial charge in [-0.05, 0) is 36.4 Å². The Morgan fingerprint density at radius 3 is 2.37 bits per heavy atom. The van der Waals surface area contributed by atoms with Crippen molar-refractivity contribution in [3.8, 4) is 0 Å². The summed E-state index contributed by atoms with van der Waals surface area (Å²) in [4.78, 5) is 38.6. The molecule has 1 heterocycles. The van der Waals surface area contributed by atoms with Crippen LogP contribution < -0.4 is 16.1 Å². The van der Waals surface area contributed by atoms with Gasteiger partial charge in [0, 0.05) is 22.8 Å². The lowest BCUT2D eigenvalue weighted by Crippen LogP contribution is -2.20. The number of ether oxygens (including phenoxy) is 1. The van der Waals surface area contributed by atoms with Crippen molar-refractivity contribution in [3.63, 3.8) is 0 Å². The molecular formula is C19H13F4N3O4. The minimum Gasteiger partial charge on any atom is -0.464 e. The number of carbonyl (C=O) groups excluding carboxylic acids is 2. The number of alkyl halides is 3. The number of hydrogen-bond donors (Lipinski definition) is 3. The number of aromatic nitrogens is 1. The largest absolute Gasteiger partial charge is 0.464 e. The van der Waals surface area contributed by atoms with Gasteiger partial charge in [-0.25, -0.2) is 14.0 Å². The van der Waals surface area contributed by atoms with Crippen molar-refractivity contribution in [1.29, 1.82) is 0 Å². The summed E-state index contributed by atoms with van der Waals surface area (Å²) in [5.74, 6) is -1.90. The summed E-state index contributed by atoms with van der Waals surface area (Å²) in [5.41, 5.74) is -1.79. The van der Waals surface area contributed by atoms with Gasteiger partial charge >= 0.3 is 18.2 Å². The van der Waals surface area contributed by atoms with Crippen LogP contribution in [0, 0.1) is 5.82 Å². The fourth-order valence-corrected chi connectivity index (χ4v) is 2.66. The van der Waals surface area contributed by atoms with Crippen molar-refractivity contribution in [2.45, 2.75) is 6.18 Å². The van der Waals surface area contributed by atoms with Crippen LogP contribution in [0.25, 0.3) is 10.9 Å². The summed E-state index contributed by atoms with van der Waals surface area (Å²) in [5, 5.41) is 4.58. The highest BCUT2D eigenvalue weighted by molar-refractivity contribution is 6.01. The molecule has 3 aromatic rings. The third-order valence-electron chi connectivity index (χ3n) is 3.98. The number of urea groups is 1. The number of amides is 2. The maximum Gasteiger partial charge on any atom is 0.416 e. The first-order chi connectivity index (χ1) is 14.1. The van der Waals surface area contributed by atoms with E-state index in [1.54, 1.807) is 0 Å². The second-order valence-corrected chi connectivity index (χ2v) is 6.10. The third-order valence-corrected chi connectivity index (χ3v) is 3.98. The molecule has 0 fully saturated rings. The van der Waals surface area contributed by atoms with Gasteiger partial charge in [-0.1, -0.05) is 0 Å². The molecule has 2 aromatic carbocycles. The molecule has 0 radical (unpaired) electrons. The molecular weight excluding hydrogens is 410 g/mol. The van der Waals surface area contributed by atoms with Crippen molar-refractivity contribution < 1.29 is 31.9 Å². The summed E-state index contributed by atoms with van der Waals surface area (Å²) in [6, 6.07) is 5.83. The fourth-order valence-electron chi connectivity index (χ4n) is 2.66. The first-order valence-corrected chi connectivity index (χ1v) is 8.28. The highest BCUT2D eigenvalue weighted by Gasteiger charge is 2.31. The maximum atomic E-state index is 13.4. The van der Waals surface area contributed by atoms with Crippen molar-refractivity contribution in [1.82, 2.24) is 4.98 Å². The first kappa shape index (κ1) is 20.8. The Kier molecular flexibility index (Phi) is 5.45. The van der Waals surface area contributed by atoms with Crippen LogP contribution in [-0.4, -0.2) is 24.1 Å². The Balaban J connectivity index is 1.82. The standard InChI is InChI=1S/C19H13F4N3O4/c1-30-17(28)15-8-16(27)13-7-11(2-3-14(13)26-15)24-18(29)25-12-5-9(19(21,22)23)4-10(20)6-12/h2-8H,1H3,(H,26,27)(H2,24,25,29). The molecule has 2 amide bonds. The summed E-state index contributed by atoms with van der Waals surface area (Å²) in [7, 11) is 1.16. The molecule has 0 atom stereocenters. The summed E-state index contributed by atoms with van der Waals surface area (Å²) >= 11 is 0. The molecule has 0 bridgehead atoms. The zero-order chi connectivity index (χ0) is 22.1. The number of esters is 1. The number of H-pyrrole nitrogens is 1. The number of hydrogen-bond acceptors (Lipinski definition) is 4. The average Bonchev–Trinajstić information content (AvgIpc) is 2.66. The Morgan fingerprint density at radius 2 is 1.70 bits per heavy atom. The van der Waals surface area contributed by atoms with E-state index in [9.17, 15) is 31.9 Å². The number of methoxy groups -OCH3 is 1. The van der Waals surface area contributed by atoms with E-state index in [1.807, 2.05) is 0 Å². The third kappa shape index (κ3) is 4.57. The lowest BCUT2D eigenvalue weighted by molar-refractivity contribution is -0.137. The molecule has 3 rings (SSSR count). The molecule has 0 unspecified atom stereocenters. The van der Waals surface area contributed by atoms with E-state index >= 15 is 0 Å². The van der Waals surface area contributed by atoms with Crippen LogP contribution in [0.15, 0.2) is 47.3 Å². The monoisotopic (exact) mass is 423 g/mol. The summed E-state index contributed by atoms with van der Waals surface area (Å²) < 4.78 is 56.3. The van der Waals surface area contributed by atoms with Gasteiger partial charge in [0.25, 0.3) is 0 Å². The first-order valence-electron chi connectivity index (χ1n) is 8.28. The predicted octanol–water partition coefficient (Wildman–Crippen LogP) is 4.12. The molecule has 1 aromatic heterocycles. The lowest BCUT2D eigenvalue weighted by Gasteiger charge is -2.12. The number of halogens is 4. The Hall–Kier alpha value is -3.89. The highest BCUT2D eigenvalue weighted by atomic mass is 19.4. The molecule has 7 nitrogen and oxygen atoms in total. The number of benzene rings is 2. The molecule has 0 aliphatic heterocycles. The number of nitrogens with one attached hydrogen (secondary N) is 3. The lowest BCUT2D eigenvalue weighted by atomic mass is 10.1. The molecule has 0 aliphatic rings. The Morgan fingerprint density at radius 1 is 1.00 bits per heavy atom. The maximum absolute atomic E-state index is 13.4. The molecule has 11 heteroatoms. The molecule has 0 saturated carbocycles. The molecule has 156 valence electrons. The number of anilines is 2. The molecule has 3 N–H and O–H groups in total.